The van der Waals surface area contributed by atoms with Crippen LogP contribution in [0.3, 0.4) is 0 Å². The molecular weight excluding hydrogens is 443 g/mol. The van der Waals surface area contributed by atoms with Gasteiger partial charge >= 0.3 is 6.01 Å². The van der Waals surface area contributed by atoms with Crippen molar-refractivity contribution >= 4 is 27.8 Å². The summed E-state index contributed by atoms with van der Waals surface area (Å²) in [7, 11) is 1.56. The van der Waals surface area contributed by atoms with Gasteiger partial charge in [-0.2, -0.15) is 9.97 Å². The molecule has 1 saturated heterocycles. The number of hydrogen-bond acceptors (Lipinski definition) is 6. The van der Waals surface area contributed by atoms with Crippen LogP contribution >= 0.6 is 0 Å². The first-order valence-corrected chi connectivity index (χ1v) is 11.6. The third-order valence-corrected chi connectivity index (χ3v) is 6.92. The van der Waals surface area contributed by atoms with Crippen molar-refractivity contribution in [3.05, 3.63) is 66.3 Å². The quantitative estimate of drug-likeness (QED) is 0.397. The normalized spacial score (nSPS) is 16.2. The van der Waals surface area contributed by atoms with Gasteiger partial charge in [0.2, 0.25) is 0 Å². The highest BCUT2D eigenvalue weighted by Crippen LogP contribution is 2.35. The van der Waals surface area contributed by atoms with Crippen molar-refractivity contribution in [2.45, 2.75) is 26.8 Å². The summed E-state index contributed by atoms with van der Waals surface area (Å²) >= 11 is 0. The van der Waals surface area contributed by atoms with Gasteiger partial charge in [-0.1, -0.05) is 13.2 Å². The van der Waals surface area contributed by atoms with E-state index in [4.69, 9.17) is 9.72 Å². The van der Waals surface area contributed by atoms with Crippen molar-refractivity contribution in [2.24, 2.45) is 0 Å². The number of anilines is 1. The molecule has 180 valence electrons. The fraction of sp³-hybridized carbons (Fsp3) is 0.296. The van der Waals surface area contributed by atoms with Crippen molar-refractivity contribution in [3.63, 3.8) is 0 Å². The Balaban J connectivity index is 1.58. The number of halogens is 1. The molecule has 35 heavy (non-hydrogen) atoms. The van der Waals surface area contributed by atoms with Gasteiger partial charge in [0, 0.05) is 48.3 Å². The van der Waals surface area contributed by atoms with E-state index in [0.29, 0.717) is 31.0 Å². The number of fused-ring (bicyclic) bond motifs is 2. The first-order valence-electron chi connectivity index (χ1n) is 11.6. The second kappa shape index (κ2) is 8.69. The molecule has 4 heterocycles. The zero-order valence-electron chi connectivity index (χ0n) is 20.5. The fourth-order valence-electron chi connectivity index (χ4n) is 4.93. The van der Waals surface area contributed by atoms with Gasteiger partial charge < -0.3 is 19.5 Å². The van der Waals surface area contributed by atoms with Gasteiger partial charge in [0.1, 0.15) is 11.6 Å². The third-order valence-electron chi connectivity index (χ3n) is 6.92. The molecule has 1 fully saturated rings. The van der Waals surface area contributed by atoms with Crippen molar-refractivity contribution in [1.29, 1.82) is 0 Å². The highest BCUT2D eigenvalue weighted by molar-refractivity contribution is 5.98. The number of H-pyrrole nitrogens is 1. The van der Waals surface area contributed by atoms with E-state index in [-0.39, 0.29) is 12.1 Å². The maximum atomic E-state index is 13.7. The van der Waals surface area contributed by atoms with Crippen LogP contribution in [0.1, 0.15) is 18.1 Å². The number of nitrogens with one attached hydrogen (secondary N) is 1. The van der Waals surface area contributed by atoms with Gasteiger partial charge in [0.05, 0.1) is 23.9 Å². The molecule has 0 bridgehead atoms. The largest absolute Gasteiger partial charge is 0.467 e. The average molecular weight is 473 g/mol. The van der Waals surface area contributed by atoms with Crippen LogP contribution in [-0.4, -0.2) is 57.6 Å². The Morgan fingerprint density at radius 2 is 1.91 bits per heavy atom. The molecule has 1 unspecified atom stereocenters. The van der Waals surface area contributed by atoms with E-state index in [9.17, 15) is 4.39 Å². The Morgan fingerprint density at radius 3 is 2.63 bits per heavy atom. The van der Waals surface area contributed by atoms with Gasteiger partial charge in [0.15, 0.2) is 5.65 Å². The molecule has 5 rings (SSSR count). The van der Waals surface area contributed by atoms with Gasteiger partial charge in [-0.25, -0.2) is 9.37 Å². The Hall–Kier alpha value is -3.94. The maximum Gasteiger partial charge on any atom is 0.320 e. The van der Waals surface area contributed by atoms with E-state index < -0.39 is 5.83 Å². The summed E-state index contributed by atoms with van der Waals surface area (Å²) in [5.74, 6) is 0.258. The predicted octanol–water partition coefficient (Wildman–Crippen LogP) is 5.31. The molecular formula is C27H29FN6O. The summed E-state index contributed by atoms with van der Waals surface area (Å²) in [6, 6.07) is 8.60. The van der Waals surface area contributed by atoms with E-state index in [0.717, 1.165) is 33.4 Å². The number of ether oxygens (including phenoxy) is 1. The molecule has 0 amide bonds. The van der Waals surface area contributed by atoms with Crippen molar-refractivity contribution < 1.29 is 9.13 Å². The molecule has 0 radical (unpaired) electrons. The predicted molar refractivity (Wildman–Crippen MR) is 138 cm³/mol. The van der Waals surface area contributed by atoms with E-state index in [1.54, 1.807) is 7.11 Å². The number of allylic oxidation sites excluding steroid dienone is 1. The second-order valence-electron chi connectivity index (χ2n) is 9.07. The number of pyridine rings is 1. The molecule has 1 aliphatic heterocycles. The molecule has 7 nitrogen and oxygen atoms in total. The Labute approximate surface area is 204 Å². The Kier molecular flexibility index (Phi) is 5.67. The van der Waals surface area contributed by atoms with E-state index in [1.807, 2.05) is 30.2 Å². The standard InChI is InChI=1S/C27H29FN6O/c1-15-13-23-20(9-10-29-23)24(17(15)3)22-8-7-21-25(30-22)31-27(35-6)32-26(21)33-11-12-34(16(2)14-33)19(5)18(4)28/h7-10,13,16,29H,4-5,11-12,14H2,1-3,6H3. The van der Waals surface area contributed by atoms with Crippen LogP contribution in [0.25, 0.3) is 33.2 Å². The minimum atomic E-state index is -0.501. The first kappa shape index (κ1) is 22.8. The number of hydrogen-bond donors (Lipinski definition) is 1. The lowest BCUT2D eigenvalue weighted by Crippen LogP contribution is -2.51. The van der Waals surface area contributed by atoms with Gasteiger partial charge in [-0.3, -0.25) is 0 Å². The van der Waals surface area contributed by atoms with Crippen LogP contribution in [0.5, 0.6) is 6.01 Å². The first-order chi connectivity index (χ1) is 16.8. The number of aromatic nitrogens is 4. The highest BCUT2D eigenvalue weighted by atomic mass is 19.1. The number of aromatic amines is 1. The molecule has 4 aromatic rings. The molecule has 1 aliphatic rings. The second-order valence-corrected chi connectivity index (χ2v) is 9.07. The Morgan fingerprint density at radius 1 is 1.11 bits per heavy atom. The minimum absolute atomic E-state index is 0.0313. The number of aryl methyl sites for hydroxylation is 1. The number of nitrogens with zero attached hydrogens (tertiary/aromatic N) is 5. The molecule has 0 spiro atoms. The number of rotatable bonds is 5. The number of benzene rings is 1. The Bertz CT molecular complexity index is 1480. The van der Waals surface area contributed by atoms with E-state index >= 15 is 0 Å². The summed E-state index contributed by atoms with van der Waals surface area (Å²) in [4.78, 5) is 21.6. The number of methoxy groups -OCH3 is 1. The van der Waals surface area contributed by atoms with E-state index in [2.05, 4.69) is 59.0 Å². The summed E-state index contributed by atoms with van der Waals surface area (Å²) in [6.45, 7) is 15.4. The van der Waals surface area contributed by atoms with Crippen LogP contribution in [-0.2, 0) is 0 Å². The zero-order valence-corrected chi connectivity index (χ0v) is 20.5. The summed E-state index contributed by atoms with van der Waals surface area (Å²) in [5, 5.41) is 1.97. The molecule has 1 aromatic carbocycles. The molecule has 8 heteroatoms. The lowest BCUT2D eigenvalue weighted by molar-refractivity contribution is 0.240. The van der Waals surface area contributed by atoms with Crippen LogP contribution in [0, 0.1) is 13.8 Å². The van der Waals surface area contributed by atoms with Crippen LogP contribution in [0.4, 0.5) is 10.2 Å². The van der Waals surface area contributed by atoms with E-state index in [1.165, 1.54) is 11.1 Å². The topological polar surface area (TPSA) is 70.2 Å². The molecule has 1 atom stereocenters. The lowest BCUT2D eigenvalue weighted by Gasteiger charge is -2.42. The minimum Gasteiger partial charge on any atom is -0.467 e. The average Bonchev–Trinajstić information content (AvgIpc) is 3.30. The van der Waals surface area contributed by atoms with Crippen LogP contribution < -0.4 is 9.64 Å². The SMILES string of the molecule is C=C(F)C(=C)N1CCN(c2nc(OC)nc3nc(-c4c(C)c(C)cc5[nH]ccc45)ccc23)CC1C. The van der Waals surface area contributed by atoms with Crippen LogP contribution in [0.2, 0.25) is 0 Å². The number of piperazine rings is 1. The van der Waals surface area contributed by atoms with Crippen LogP contribution in [0.15, 0.2) is 55.1 Å². The lowest BCUT2D eigenvalue weighted by atomic mass is 9.96. The van der Waals surface area contributed by atoms with Crippen molar-refractivity contribution in [2.75, 3.05) is 31.6 Å². The summed E-state index contributed by atoms with van der Waals surface area (Å²) in [5.41, 5.74) is 6.31. The highest BCUT2D eigenvalue weighted by Gasteiger charge is 2.28. The zero-order chi connectivity index (χ0) is 24.9. The molecule has 1 N–H and O–H groups in total. The smallest absolute Gasteiger partial charge is 0.320 e. The van der Waals surface area contributed by atoms with Gasteiger partial charge in [0.25, 0.3) is 0 Å². The summed E-state index contributed by atoms with van der Waals surface area (Å²) < 4.78 is 19.1. The maximum absolute atomic E-state index is 13.7. The molecule has 3 aromatic heterocycles. The molecule has 0 aliphatic carbocycles. The fourth-order valence-corrected chi connectivity index (χ4v) is 4.93. The van der Waals surface area contributed by atoms with Gasteiger partial charge in [-0.05, 0) is 56.2 Å². The van der Waals surface area contributed by atoms with Gasteiger partial charge in [-0.15, -0.1) is 0 Å². The van der Waals surface area contributed by atoms with Crippen molar-refractivity contribution in [3.8, 4) is 17.3 Å². The summed E-state index contributed by atoms with van der Waals surface area (Å²) in [6.07, 6.45) is 1.95. The monoisotopic (exact) mass is 472 g/mol. The molecule has 0 saturated carbocycles. The van der Waals surface area contributed by atoms with Crippen molar-refractivity contribution in [1.82, 2.24) is 24.8 Å². The third kappa shape index (κ3) is 3.88.